The van der Waals surface area contributed by atoms with E-state index in [1.54, 1.807) is 5.56 Å². The Morgan fingerprint density at radius 1 is 1.06 bits per heavy atom. The number of fused-ring (bicyclic) bond motifs is 3. The van der Waals surface area contributed by atoms with Gasteiger partial charge >= 0.3 is 0 Å². The molecule has 0 aromatic heterocycles. The lowest BCUT2D eigenvalue weighted by Gasteiger charge is -2.48. The molecule has 96 valence electrons. The third-order valence-electron chi connectivity index (χ3n) is 5.21. The summed E-state index contributed by atoms with van der Waals surface area (Å²) >= 11 is 0. The minimum Gasteiger partial charge on any atom is -0.367 e. The zero-order chi connectivity index (χ0) is 11.9. The van der Waals surface area contributed by atoms with Crippen molar-refractivity contribution in [3.8, 4) is 0 Å². The first-order chi connectivity index (χ1) is 8.93. The van der Waals surface area contributed by atoms with Crippen LogP contribution in [0.4, 0.5) is 5.69 Å². The van der Waals surface area contributed by atoms with E-state index >= 15 is 0 Å². The third kappa shape index (κ3) is 1.58. The minimum atomic E-state index is 0.809. The Morgan fingerprint density at radius 2 is 1.83 bits per heavy atom. The molecule has 0 amide bonds. The van der Waals surface area contributed by atoms with Gasteiger partial charge in [0.15, 0.2) is 0 Å². The quantitative estimate of drug-likeness (QED) is 0.813. The molecule has 1 aliphatic carbocycles. The molecule has 0 radical (unpaired) electrons. The fourth-order valence-corrected chi connectivity index (χ4v) is 4.45. The van der Waals surface area contributed by atoms with E-state index in [1.165, 1.54) is 51.0 Å². The zero-order valence-corrected chi connectivity index (χ0v) is 10.9. The lowest BCUT2D eigenvalue weighted by molar-refractivity contribution is 0.162. The van der Waals surface area contributed by atoms with E-state index in [0.717, 1.165) is 17.9 Å². The van der Waals surface area contributed by atoms with Gasteiger partial charge < -0.3 is 10.2 Å². The Morgan fingerprint density at radius 3 is 2.67 bits per heavy atom. The lowest BCUT2D eigenvalue weighted by atomic mass is 9.73. The Bertz CT molecular complexity index is 420. The van der Waals surface area contributed by atoms with Crippen molar-refractivity contribution in [3.05, 3.63) is 29.8 Å². The Kier molecular flexibility index (Phi) is 2.58. The van der Waals surface area contributed by atoms with Gasteiger partial charge in [0.05, 0.1) is 0 Å². The topological polar surface area (TPSA) is 15.3 Å². The molecule has 2 bridgehead atoms. The van der Waals surface area contributed by atoms with Crippen LogP contribution in [0, 0.1) is 11.8 Å². The van der Waals surface area contributed by atoms with Crippen molar-refractivity contribution in [1.82, 2.24) is 5.32 Å². The van der Waals surface area contributed by atoms with Crippen LogP contribution in [-0.2, 0) is 6.42 Å². The number of para-hydroxylation sites is 1. The maximum absolute atomic E-state index is 3.64. The van der Waals surface area contributed by atoms with Gasteiger partial charge in [-0.1, -0.05) is 24.6 Å². The van der Waals surface area contributed by atoms with Crippen LogP contribution >= 0.6 is 0 Å². The fourth-order valence-electron chi connectivity index (χ4n) is 4.45. The monoisotopic (exact) mass is 242 g/mol. The first kappa shape index (κ1) is 10.9. The normalized spacial score (nSPS) is 34.4. The molecule has 1 aromatic rings. The standard InChI is InChI=1S/C16H22N2/c1-2-7-15-12(4-1)8-9-18(15)16-13-5-3-6-14(16)11-17-10-13/h1-2,4,7,13-14,16-17H,3,5-6,8-11H2/t13-,14-/m0/s1. The van der Waals surface area contributed by atoms with Gasteiger partial charge in [-0.2, -0.15) is 0 Å². The summed E-state index contributed by atoms with van der Waals surface area (Å²) < 4.78 is 0. The van der Waals surface area contributed by atoms with Crippen LogP contribution in [0.1, 0.15) is 24.8 Å². The number of nitrogens with one attached hydrogen (secondary N) is 1. The predicted octanol–water partition coefficient (Wildman–Crippen LogP) is 2.44. The van der Waals surface area contributed by atoms with Crippen molar-refractivity contribution in [1.29, 1.82) is 0 Å². The van der Waals surface area contributed by atoms with Crippen LogP contribution in [0.15, 0.2) is 24.3 Å². The van der Waals surface area contributed by atoms with Gasteiger partial charge in [-0.15, -0.1) is 0 Å². The van der Waals surface area contributed by atoms with Crippen LogP contribution in [-0.4, -0.2) is 25.7 Å². The molecule has 2 nitrogen and oxygen atoms in total. The maximum atomic E-state index is 3.64. The van der Waals surface area contributed by atoms with Gasteiger partial charge in [-0.05, 0) is 55.8 Å². The van der Waals surface area contributed by atoms with E-state index in [0.29, 0.717) is 0 Å². The molecule has 2 fully saturated rings. The summed E-state index contributed by atoms with van der Waals surface area (Å²) in [6.07, 6.45) is 5.54. The van der Waals surface area contributed by atoms with Crippen molar-refractivity contribution in [2.24, 2.45) is 11.8 Å². The molecule has 3 aliphatic rings. The first-order valence-corrected chi connectivity index (χ1v) is 7.49. The first-order valence-electron chi connectivity index (χ1n) is 7.49. The van der Waals surface area contributed by atoms with Gasteiger partial charge in [0, 0.05) is 18.3 Å². The fraction of sp³-hybridized carbons (Fsp3) is 0.625. The SMILES string of the molecule is c1ccc2c(c1)CCN2C1[C@H]2CCC[C@H]1CNC2. The van der Waals surface area contributed by atoms with Crippen LogP contribution in [0.2, 0.25) is 0 Å². The van der Waals surface area contributed by atoms with E-state index in [4.69, 9.17) is 0 Å². The zero-order valence-electron chi connectivity index (χ0n) is 10.9. The summed E-state index contributed by atoms with van der Waals surface area (Å²) in [4.78, 5) is 2.74. The molecule has 2 atom stereocenters. The maximum Gasteiger partial charge on any atom is 0.0402 e. The summed E-state index contributed by atoms with van der Waals surface area (Å²) in [5.74, 6) is 1.76. The summed E-state index contributed by atoms with van der Waals surface area (Å²) in [5, 5.41) is 3.64. The summed E-state index contributed by atoms with van der Waals surface area (Å²) in [6, 6.07) is 9.84. The number of piperidine rings is 1. The molecule has 1 aromatic carbocycles. The molecular weight excluding hydrogens is 220 g/mol. The molecule has 4 rings (SSSR count). The molecule has 2 heterocycles. The average Bonchev–Trinajstić information content (AvgIpc) is 2.81. The highest BCUT2D eigenvalue weighted by Crippen LogP contribution is 2.40. The van der Waals surface area contributed by atoms with E-state index < -0.39 is 0 Å². The molecule has 2 aliphatic heterocycles. The largest absolute Gasteiger partial charge is 0.367 e. The van der Waals surface area contributed by atoms with Crippen LogP contribution in [0.25, 0.3) is 0 Å². The van der Waals surface area contributed by atoms with E-state index in [9.17, 15) is 0 Å². The number of rotatable bonds is 1. The highest BCUT2D eigenvalue weighted by molar-refractivity contribution is 5.59. The highest BCUT2D eigenvalue weighted by atomic mass is 15.2. The minimum absolute atomic E-state index is 0.809. The van der Waals surface area contributed by atoms with Crippen molar-refractivity contribution < 1.29 is 0 Å². The smallest absolute Gasteiger partial charge is 0.0402 e. The Balaban J connectivity index is 1.67. The van der Waals surface area contributed by atoms with Crippen molar-refractivity contribution in [2.45, 2.75) is 31.7 Å². The van der Waals surface area contributed by atoms with E-state index in [-0.39, 0.29) is 0 Å². The summed E-state index contributed by atoms with van der Waals surface area (Å²) in [7, 11) is 0. The van der Waals surface area contributed by atoms with Crippen LogP contribution < -0.4 is 10.2 Å². The van der Waals surface area contributed by atoms with Crippen molar-refractivity contribution in [2.75, 3.05) is 24.5 Å². The van der Waals surface area contributed by atoms with Crippen LogP contribution in [0.3, 0.4) is 0 Å². The average molecular weight is 242 g/mol. The van der Waals surface area contributed by atoms with Crippen molar-refractivity contribution >= 4 is 5.69 Å². The third-order valence-corrected chi connectivity index (χ3v) is 5.21. The Labute approximate surface area is 109 Å². The van der Waals surface area contributed by atoms with E-state index in [1.807, 2.05) is 0 Å². The summed E-state index contributed by atoms with van der Waals surface area (Å²) in [5.41, 5.74) is 3.09. The molecule has 1 N–H and O–H groups in total. The molecule has 1 saturated carbocycles. The highest BCUT2D eigenvalue weighted by Gasteiger charge is 2.41. The molecule has 0 unspecified atom stereocenters. The molecule has 1 saturated heterocycles. The van der Waals surface area contributed by atoms with Crippen LogP contribution in [0.5, 0.6) is 0 Å². The second-order valence-corrected chi connectivity index (χ2v) is 6.17. The second kappa shape index (κ2) is 4.27. The Hall–Kier alpha value is -1.02. The number of nitrogens with zero attached hydrogens (tertiary/aromatic N) is 1. The van der Waals surface area contributed by atoms with Gasteiger partial charge in [-0.3, -0.25) is 0 Å². The van der Waals surface area contributed by atoms with Gasteiger partial charge in [-0.25, -0.2) is 0 Å². The summed E-state index contributed by atoms with van der Waals surface area (Å²) in [6.45, 7) is 3.72. The molecular formula is C16H22N2. The molecule has 2 heteroatoms. The molecule has 0 spiro atoms. The number of hydrogen-bond donors (Lipinski definition) is 1. The van der Waals surface area contributed by atoms with E-state index in [2.05, 4.69) is 34.5 Å². The number of hydrogen-bond acceptors (Lipinski definition) is 2. The number of benzene rings is 1. The number of anilines is 1. The van der Waals surface area contributed by atoms with Gasteiger partial charge in [0.1, 0.15) is 0 Å². The van der Waals surface area contributed by atoms with Crippen molar-refractivity contribution in [3.63, 3.8) is 0 Å². The van der Waals surface area contributed by atoms with Gasteiger partial charge in [0.25, 0.3) is 0 Å². The van der Waals surface area contributed by atoms with Gasteiger partial charge in [0.2, 0.25) is 0 Å². The lowest BCUT2D eigenvalue weighted by Crippen LogP contribution is -2.57. The molecule has 18 heavy (non-hydrogen) atoms. The predicted molar refractivity (Wildman–Crippen MR) is 75.0 cm³/mol. The second-order valence-electron chi connectivity index (χ2n) is 6.17.